The Balaban J connectivity index is 0.00000225. The Bertz CT molecular complexity index is 297. The van der Waals surface area contributed by atoms with E-state index in [-0.39, 0.29) is 12.4 Å². The number of rotatable bonds is 5. The number of nitrogens with one attached hydrogen (secondary N) is 1. The van der Waals surface area contributed by atoms with Crippen molar-refractivity contribution < 1.29 is 8.42 Å². The summed E-state index contributed by atoms with van der Waals surface area (Å²) < 4.78 is 26.9. The Morgan fingerprint density at radius 3 is 2.62 bits per heavy atom. The highest BCUT2D eigenvalue weighted by molar-refractivity contribution is 7.86. The first kappa shape index (κ1) is 16.1. The van der Waals surface area contributed by atoms with Crippen molar-refractivity contribution in [1.82, 2.24) is 13.9 Å². The van der Waals surface area contributed by atoms with Crippen molar-refractivity contribution in [3.05, 3.63) is 0 Å². The minimum atomic E-state index is -3.20. The van der Waals surface area contributed by atoms with Gasteiger partial charge in [-0.3, -0.25) is 0 Å². The van der Waals surface area contributed by atoms with Gasteiger partial charge in [-0.15, -0.1) is 12.4 Å². The Morgan fingerprint density at radius 2 is 2.12 bits per heavy atom. The van der Waals surface area contributed by atoms with Crippen molar-refractivity contribution in [2.45, 2.75) is 13.3 Å². The van der Waals surface area contributed by atoms with Crippen molar-refractivity contribution in [3.8, 4) is 0 Å². The van der Waals surface area contributed by atoms with E-state index in [1.165, 1.54) is 4.31 Å². The van der Waals surface area contributed by atoms with Gasteiger partial charge in [0.2, 0.25) is 0 Å². The smallest absolute Gasteiger partial charge is 0.281 e. The molecule has 0 spiro atoms. The van der Waals surface area contributed by atoms with Crippen molar-refractivity contribution in [2.24, 2.45) is 5.92 Å². The van der Waals surface area contributed by atoms with Crippen LogP contribution in [0.4, 0.5) is 0 Å². The van der Waals surface area contributed by atoms with E-state index in [9.17, 15) is 8.42 Å². The fourth-order valence-corrected chi connectivity index (χ4v) is 3.28. The second-order valence-corrected chi connectivity index (χ2v) is 6.03. The summed E-state index contributed by atoms with van der Waals surface area (Å²) in [6.07, 6.45) is 0.956. The van der Waals surface area contributed by atoms with Crippen LogP contribution in [-0.2, 0) is 10.2 Å². The molecule has 1 aliphatic heterocycles. The van der Waals surface area contributed by atoms with Crippen molar-refractivity contribution in [1.29, 1.82) is 0 Å². The fraction of sp³-hybridized carbons (Fsp3) is 1.00. The predicted molar refractivity (Wildman–Crippen MR) is 68.1 cm³/mol. The molecule has 5 nitrogen and oxygen atoms in total. The average molecular weight is 272 g/mol. The van der Waals surface area contributed by atoms with E-state index in [4.69, 9.17) is 0 Å². The summed E-state index contributed by atoms with van der Waals surface area (Å²) in [4.78, 5) is 0. The largest absolute Gasteiger partial charge is 0.319 e. The molecule has 0 aliphatic carbocycles. The van der Waals surface area contributed by atoms with Gasteiger partial charge in [-0.05, 0) is 25.9 Å². The normalized spacial score (nSPS) is 22.4. The van der Waals surface area contributed by atoms with Crippen LogP contribution in [0.15, 0.2) is 0 Å². The average Bonchev–Trinajstić information content (AvgIpc) is 2.66. The molecule has 1 aliphatic rings. The SMILES string of the molecule is CCN(C)S(=O)(=O)N1CCC(CNC)C1.Cl. The summed E-state index contributed by atoms with van der Waals surface area (Å²) in [6.45, 7) is 4.56. The maximum Gasteiger partial charge on any atom is 0.281 e. The first-order chi connectivity index (χ1) is 7.02. The minimum Gasteiger partial charge on any atom is -0.319 e. The number of nitrogens with zero attached hydrogens (tertiary/aromatic N) is 2. The van der Waals surface area contributed by atoms with Crippen LogP contribution in [0.1, 0.15) is 13.3 Å². The molecular weight excluding hydrogens is 250 g/mol. The summed E-state index contributed by atoms with van der Waals surface area (Å²) in [7, 11) is 0.323. The molecule has 0 aromatic rings. The van der Waals surface area contributed by atoms with Crippen LogP contribution in [-0.4, -0.2) is 57.3 Å². The maximum absolute atomic E-state index is 11.9. The van der Waals surface area contributed by atoms with E-state index >= 15 is 0 Å². The van der Waals surface area contributed by atoms with Crippen molar-refractivity contribution >= 4 is 22.6 Å². The van der Waals surface area contributed by atoms with Gasteiger partial charge in [-0.1, -0.05) is 6.92 Å². The quantitative estimate of drug-likeness (QED) is 0.774. The van der Waals surface area contributed by atoms with Crippen LogP contribution >= 0.6 is 12.4 Å². The lowest BCUT2D eigenvalue weighted by Gasteiger charge is -2.22. The monoisotopic (exact) mass is 271 g/mol. The molecule has 16 heavy (non-hydrogen) atoms. The molecule has 1 atom stereocenters. The van der Waals surface area contributed by atoms with Gasteiger partial charge < -0.3 is 5.32 Å². The minimum absolute atomic E-state index is 0. The van der Waals surface area contributed by atoms with Crippen molar-refractivity contribution in [3.63, 3.8) is 0 Å². The third kappa shape index (κ3) is 3.56. The first-order valence-electron chi connectivity index (χ1n) is 5.38. The number of hydrogen-bond donors (Lipinski definition) is 1. The zero-order chi connectivity index (χ0) is 11.5. The lowest BCUT2D eigenvalue weighted by Crippen LogP contribution is -2.40. The van der Waals surface area contributed by atoms with Crippen molar-refractivity contribution in [2.75, 3.05) is 40.3 Å². The van der Waals surface area contributed by atoms with Crippen LogP contribution in [0.5, 0.6) is 0 Å². The van der Waals surface area contributed by atoms with E-state index in [0.717, 1.165) is 13.0 Å². The molecule has 1 fully saturated rings. The molecule has 1 N–H and O–H groups in total. The van der Waals surface area contributed by atoms with Gasteiger partial charge in [0.15, 0.2) is 0 Å². The molecule has 0 aromatic carbocycles. The summed E-state index contributed by atoms with van der Waals surface area (Å²) in [6, 6.07) is 0. The Labute approximate surface area is 105 Å². The third-order valence-corrected chi connectivity index (χ3v) is 4.94. The first-order valence-corrected chi connectivity index (χ1v) is 6.78. The second kappa shape index (κ2) is 6.76. The van der Waals surface area contributed by atoms with Gasteiger partial charge in [0.25, 0.3) is 10.2 Å². The molecule has 0 radical (unpaired) electrons. The lowest BCUT2D eigenvalue weighted by atomic mass is 10.1. The van der Waals surface area contributed by atoms with E-state index in [0.29, 0.717) is 25.6 Å². The summed E-state index contributed by atoms with van der Waals surface area (Å²) in [5.74, 6) is 0.454. The van der Waals surface area contributed by atoms with Gasteiger partial charge in [-0.25, -0.2) is 0 Å². The Kier molecular flexibility index (Phi) is 6.81. The van der Waals surface area contributed by atoms with Gasteiger partial charge >= 0.3 is 0 Å². The number of hydrogen-bond acceptors (Lipinski definition) is 3. The zero-order valence-corrected chi connectivity index (χ0v) is 11.8. The summed E-state index contributed by atoms with van der Waals surface area (Å²) in [5, 5.41) is 3.09. The third-order valence-electron chi connectivity index (χ3n) is 2.91. The summed E-state index contributed by atoms with van der Waals surface area (Å²) >= 11 is 0. The molecule has 0 saturated carbocycles. The molecular formula is C9H22ClN3O2S. The Morgan fingerprint density at radius 1 is 1.50 bits per heavy atom. The van der Waals surface area contributed by atoms with Gasteiger partial charge in [-0.2, -0.15) is 17.0 Å². The van der Waals surface area contributed by atoms with Crippen LogP contribution in [0.25, 0.3) is 0 Å². The van der Waals surface area contributed by atoms with Crippen LogP contribution < -0.4 is 5.32 Å². The van der Waals surface area contributed by atoms with Gasteiger partial charge in [0, 0.05) is 26.7 Å². The highest BCUT2D eigenvalue weighted by Gasteiger charge is 2.32. The molecule has 1 rings (SSSR count). The van der Waals surface area contributed by atoms with E-state index in [1.54, 1.807) is 11.4 Å². The molecule has 7 heteroatoms. The van der Waals surface area contributed by atoms with Crippen LogP contribution in [0.3, 0.4) is 0 Å². The summed E-state index contributed by atoms with van der Waals surface area (Å²) in [5.41, 5.74) is 0. The molecule has 0 bridgehead atoms. The zero-order valence-electron chi connectivity index (χ0n) is 10.1. The van der Waals surface area contributed by atoms with Gasteiger partial charge in [0.1, 0.15) is 0 Å². The topological polar surface area (TPSA) is 52.7 Å². The standard InChI is InChI=1S/C9H21N3O2S.ClH/c1-4-11(3)15(13,14)12-6-5-9(8-12)7-10-2;/h9-10H,4-8H2,1-3H3;1H. The van der Waals surface area contributed by atoms with E-state index < -0.39 is 10.2 Å². The van der Waals surface area contributed by atoms with Gasteiger partial charge in [0.05, 0.1) is 0 Å². The molecule has 1 heterocycles. The second-order valence-electron chi connectivity index (χ2n) is 3.99. The van der Waals surface area contributed by atoms with E-state index in [1.807, 2.05) is 14.0 Å². The number of halogens is 1. The molecule has 98 valence electrons. The highest BCUT2D eigenvalue weighted by atomic mass is 35.5. The Hall–Kier alpha value is 0.120. The molecule has 1 saturated heterocycles. The molecule has 0 aromatic heterocycles. The maximum atomic E-state index is 11.9. The van der Waals surface area contributed by atoms with Crippen LogP contribution in [0.2, 0.25) is 0 Å². The molecule has 0 amide bonds. The molecule has 1 unspecified atom stereocenters. The fourth-order valence-electron chi connectivity index (χ4n) is 1.82. The van der Waals surface area contributed by atoms with E-state index in [2.05, 4.69) is 5.32 Å². The lowest BCUT2D eigenvalue weighted by molar-refractivity contribution is 0.392. The van der Waals surface area contributed by atoms with Crippen LogP contribution in [0, 0.1) is 5.92 Å². The highest BCUT2D eigenvalue weighted by Crippen LogP contribution is 2.20. The predicted octanol–water partition coefficient (Wildman–Crippen LogP) is 0.146.